The molecule has 3 aromatic rings. The lowest BCUT2D eigenvalue weighted by atomic mass is 10.2. The van der Waals surface area contributed by atoms with Crippen LogP contribution in [0.2, 0.25) is 0 Å². The molecule has 1 N–H and O–H groups in total. The summed E-state index contributed by atoms with van der Waals surface area (Å²) in [7, 11) is 0. The number of benzene rings is 1. The zero-order valence-electron chi connectivity index (χ0n) is 15.7. The number of hydrogen-bond donors (Lipinski definition) is 1. The molecule has 148 valence electrons. The van der Waals surface area contributed by atoms with Gasteiger partial charge in [-0.25, -0.2) is 15.0 Å². The van der Waals surface area contributed by atoms with Crippen LogP contribution in [-0.4, -0.2) is 51.1 Å². The molecular formula is C19H21F2N5O2. The van der Waals surface area contributed by atoms with Gasteiger partial charge in [0.15, 0.2) is 5.58 Å². The zero-order chi connectivity index (χ0) is 19.9. The minimum Gasteiger partial charge on any atom is -0.439 e. The van der Waals surface area contributed by atoms with E-state index in [4.69, 9.17) is 9.52 Å². The van der Waals surface area contributed by atoms with Crippen molar-refractivity contribution in [2.24, 2.45) is 0 Å². The van der Waals surface area contributed by atoms with E-state index in [1.54, 1.807) is 6.33 Å². The first-order chi connectivity index (χ1) is 13.3. The molecule has 4 rings (SSSR count). The fourth-order valence-electron chi connectivity index (χ4n) is 3.38. The van der Waals surface area contributed by atoms with Gasteiger partial charge in [-0.3, -0.25) is 4.90 Å². The Labute approximate surface area is 160 Å². The smallest absolute Gasteiger partial charge is 0.381 e. The Hall–Kier alpha value is -2.65. The summed E-state index contributed by atoms with van der Waals surface area (Å²) < 4.78 is 31.7. The fourth-order valence-corrected chi connectivity index (χ4v) is 3.38. The summed E-state index contributed by atoms with van der Waals surface area (Å²) in [5.74, 6) is 1.43. The van der Waals surface area contributed by atoms with Crippen LogP contribution < -0.4 is 4.90 Å². The quantitative estimate of drug-likeness (QED) is 0.735. The Morgan fingerprint density at radius 1 is 1.14 bits per heavy atom. The summed E-state index contributed by atoms with van der Waals surface area (Å²) in [6, 6.07) is 3.71. The van der Waals surface area contributed by atoms with E-state index in [1.165, 1.54) is 6.07 Å². The van der Waals surface area contributed by atoms with Crippen molar-refractivity contribution in [1.29, 1.82) is 0 Å². The van der Waals surface area contributed by atoms with Crippen LogP contribution in [0.3, 0.4) is 0 Å². The van der Waals surface area contributed by atoms with Gasteiger partial charge in [-0.2, -0.15) is 8.78 Å². The predicted molar refractivity (Wildman–Crippen MR) is 99.1 cm³/mol. The molecule has 0 unspecified atom stereocenters. The van der Waals surface area contributed by atoms with Gasteiger partial charge in [0, 0.05) is 37.4 Å². The van der Waals surface area contributed by atoms with Crippen LogP contribution >= 0.6 is 0 Å². The minimum atomic E-state index is -3.89. The number of alkyl halides is 2. The number of aromatic nitrogens is 3. The van der Waals surface area contributed by atoms with Crippen molar-refractivity contribution in [3.63, 3.8) is 0 Å². The van der Waals surface area contributed by atoms with Gasteiger partial charge in [0.25, 0.3) is 0 Å². The van der Waals surface area contributed by atoms with Crippen molar-refractivity contribution >= 4 is 16.9 Å². The number of rotatable bonds is 4. The second-order valence-corrected chi connectivity index (χ2v) is 7.00. The Morgan fingerprint density at radius 3 is 2.61 bits per heavy atom. The largest absolute Gasteiger partial charge is 0.439 e. The average molecular weight is 389 g/mol. The first-order valence-electron chi connectivity index (χ1n) is 9.07. The molecule has 0 radical (unpaired) electrons. The minimum absolute atomic E-state index is 0.243. The summed E-state index contributed by atoms with van der Waals surface area (Å²) >= 11 is 0. The number of anilines is 1. The topological polar surface area (TPSA) is 78.5 Å². The van der Waals surface area contributed by atoms with E-state index in [2.05, 4.69) is 24.8 Å². The number of halogens is 2. The number of hydrogen-bond acceptors (Lipinski definition) is 7. The lowest BCUT2D eigenvalue weighted by Crippen LogP contribution is -2.46. The Kier molecular flexibility index (Phi) is 4.72. The van der Waals surface area contributed by atoms with Crippen LogP contribution in [0.4, 0.5) is 14.6 Å². The van der Waals surface area contributed by atoms with Gasteiger partial charge in [0.05, 0.1) is 12.1 Å². The van der Waals surface area contributed by atoms with E-state index >= 15 is 0 Å². The Bertz CT molecular complexity index is 994. The van der Waals surface area contributed by atoms with Gasteiger partial charge in [-0.05, 0) is 32.0 Å². The summed E-state index contributed by atoms with van der Waals surface area (Å²) in [4.78, 5) is 17.4. The molecule has 3 heterocycles. The third kappa shape index (κ3) is 3.67. The van der Waals surface area contributed by atoms with Crippen LogP contribution in [-0.2, 0) is 12.7 Å². The average Bonchev–Trinajstić information content (AvgIpc) is 3.05. The third-order valence-electron chi connectivity index (χ3n) is 5.12. The summed E-state index contributed by atoms with van der Waals surface area (Å²) in [5.41, 5.74) is 2.30. The first kappa shape index (κ1) is 18.7. The van der Waals surface area contributed by atoms with Crippen LogP contribution in [0.25, 0.3) is 11.1 Å². The highest BCUT2D eigenvalue weighted by Crippen LogP contribution is 2.28. The number of piperazine rings is 1. The lowest BCUT2D eigenvalue weighted by Gasteiger charge is -2.35. The molecule has 0 amide bonds. The van der Waals surface area contributed by atoms with E-state index in [0.717, 1.165) is 55.4 Å². The molecule has 1 saturated heterocycles. The van der Waals surface area contributed by atoms with E-state index < -0.39 is 11.7 Å². The summed E-state index contributed by atoms with van der Waals surface area (Å²) in [6.45, 7) is 7.75. The SMILES string of the molecule is Cc1ncnc(N2CCN(Cc3nc4ccc(C(O)(F)F)cc4o3)CC2)c1C. The van der Waals surface area contributed by atoms with Crippen molar-refractivity contribution < 1.29 is 18.3 Å². The molecule has 2 aromatic heterocycles. The van der Waals surface area contributed by atoms with Gasteiger partial charge in [-0.15, -0.1) is 0 Å². The van der Waals surface area contributed by atoms with Gasteiger partial charge in [0.2, 0.25) is 5.89 Å². The molecule has 7 nitrogen and oxygen atoms in total. The molecule has 9 heteroatoms. The molecule has 1 fully saturated rings. The maximum Gasteiger partial charge on any atom is 0.381 e. The van der Waals surface area contributed by atoms with E-state index in [0.29, 0.717) is 18.0 Å². The van der Waals surface area contributed by atoms with Crippen LogP contribution in [0.1, 0.15) is 22.7 Å². The highest BCUT2D eigenvalue weighted by Gasteiger charge is 2.28. The summed E-state index contributed by atoms with van der Waals surface area (Å²) in [6.07, 6.45) is -2.30. The van der Waals surface area contributed by atoms with Gasteiger partial charge in [-0.1, -0.05) is 0 Å². The molecule has 0 aliphatic carbocycles. The molecular weight excluding hydrogens is 368 g/mol. The zero-order valence-corrected chi connectivity index (χ0v) is 15.7. The van der Waals surface area contributed by atoms with Crippen molar-refractivity contribution in [1.82, 2.24) is 19.9 Å². The van der Waals surface area contributed by atoms with Crippen LogP contribution in [0, 0.1) is 13.8 Å². The molecule has 0 spiro atoms. The lowest BCUT2D eigenvalue weighted by molar-refractivity contribution is -0.208. The van der Waals surface area contributed by atoms with Crippen molar-refractivity contribution in [2.75, 3.05) is 31.1 Å². The second-order valence-electron chi connectivity index (χ2n) is 7.00. The Balaban J connectivity index is 1.43. The number of nitrogens with zero attached hydrogens (tertiary/aromatic N) is 5. The molecule has 28 heavy (non-hydrogen) atoms. The molecule has 0 saturated carbocycles. The molecule has 0 atom stereocenters. The molecule has 1 aromatic carbocycles. The number of oxazole rings is 1. The third-order valence-corrected chi connectivity index (χ3v) is 5.12. The Morgan fingerprint density at radius 2 is 1.89 bits per heavy atom. The van der Waals surface area contributed by atoms with Gasteiger partial charge >= 0.3 is 6.11 Å². The van der Waals surface area contributed by atoms with Crippen LogP contribution in [0.15, 0.2) is 28.9 Å². The maximum atomic E-state index is 13.1. The van der Waals surface area contributed by atoms with Crippen LogP contribution in [0.5, 0.6) is 0 Å². The van der Waals surface area contributed by atoms with Gasteiger partial charge < -0.3 is 14.4 Å². The first-order valence-corrected chi connectivity index (χ1v) is 9.07. The maximum absolute atomic E-state index is 13.1. The highest BCUT2D eigenvalue weighted by atomic mass is 19.3. The molecule has 1 aliphatic heterocycles. The molecule has 0 bridgehead atoms. The van der Waals surface area contributed by atoms with Crippen molar-refractivity contribution in [2.45, 2.75) is 26.5 Å². The van der Waals surface area contributed by atoms with Crippen molar-refractivity contribution in [3.05, 3.63) is 47.2 Å². The van der Waals surface area contributed by atoms with E-state index in [1.807, 2.05) is 13.8 Å². The standard InChI is InChI=1S/C19H21F2N5O2/c1-12-13(2)22-11-23-18(12)26-7-5-25(6-8-26)10-17-24-15-4-3-14(19(20,21)27)9-16(15)28-17/h3-4,9,11,27H,5-8,10H2,1-2H3. The normalized spacial score (nSPS) is 16.1. The fraction of sp³-hybridized carbons (Fsp3) is 0.421. The monoisotopic (exact) mass is 389 g/mol. The second kappa shape index (κ2) is 7.06. The number of aliphatic hydroxyl groups is 1. The number of aryl methyl sites for hydroxylation is 1. The summed E-state index contributed by atoms with van der Waals surface area (Å²) in [5, 5.41) is 8.85. The molecule has 1 aliphatic rings. The highest BCUT2D eigenvalue weighted by molar-refractivity contribution is 5.73. The number of fused-ring (bicyclic) bond motifs is 1. The van der Waals surface area contributed by atoms with Gasteiger partial charge in [0.1, 0.15) is 17.7 Å². The predicted octanol–water partition coefficient (Wildman–Crippen LogP) is 2.60. The van der Waals surface area contributed by atoms with E-state index in [-0.39, 0.29) is 5.58 Å². The van der Waals surface area contributed by atoms with E-state index in [9.17, 15) is 8.78 Å². The van der Waals surface area contributed by atoms with Crippen molar-refractivity contribution in [3.8, 4) is 0 Å².